The molecule has 0 fully saturated rings. The molecule has 6 heteroatoms. The van der Waals surface area contributed by atoms with Gasteiger partial charge in [0.15, 0.2) is 0 Å². The molecule has 0 saturated heterocycles. The molecule has 1 aliphatic rings. The number of rotatable bonds is 3. The van der Waals surface area contributed by atoms with Crippen molar-refractivity contribution in [2.75, 3.05) is 13.1 Å². The van der Waals surface area contributed by atoms with Crippen LogP contribution in [0.3, 0.4) is 0 Å². The Labute approximate surface area is 115 Å². The number of aromatic nitrogens is 2. The molecule has 0 amide bonds. The molecule has 1 aliphatic heterocycles. The summed E-state index contributed by atoms with van der Waals surface area (Å²) in [5.41, 5.74) is 1.90. The summed E-state index contributed by atoms with van der Waals surface area (Å²) >= 11 is 0. The summed E-state index contributed by atoms with van der Waals surface area (Å²) in [6, 6.07) is 3.61. The van der Waals surface area contributed by atoms with Gasteiger partial charge in [0.25, 0.3) is 0 Å². The number of nitrogens with zero attached hydrogens (tertiary/aromatic N) is 2. The van der Waals surface area contributed by atoms with Gasteiger partial charge in [-0.15, -0.1) is 0 Å². The van der Waals surface area contributed by atoms with Crippen molar-refractivity contribution < 1.29 is 13.9 Å². The molecule has 1 aromatic carbocycles. The number of halogens is 2. The van der Waals surface area contributed by atoms with Crippen molar-refractivity contribution in [1.29, 1.82) is 0 Å². The normalized spacial score (nSPS) is 16.9. The lowest BCUT2D eigenvalue weighted by Crippen LogP contribution is -2.34. The van der Waals surface area contributed by atoms with Crippen LogP contribution in [0.15, 0.2) is 24.4 Å². The molecule has 1 unspecified atom stereocenters. The van der Waals surface area contributed by atoms with Crippen LogP contribution in [0.2, 0.25) is 0 Å². The van der Waals surface area contributed by atoms with E-state index >= 15 is 0 Å². The monoisotopic (exact) mass is 279 g/mol. The highest BCUT2D eigenvalue weighted by atomic mass is 19.1. The van der Waals surface area contributed by atoms with Gasteiger partial charge >= 0.3 is 0 Å². The van der Waals surface area contributed by atoms with Crippen LogP contribution in [0.5, 0.6) is 0 Å². The van der Waals surface area contributed by atoms with Crippen LogP contribution in [0.25, 0.3) is 0 Å². The van der Waals surface area contributed by atoms with E-state index in [1.165, 1.54) is 6.07 Å². The van der Waals surface area contributed by atoms with Gasteiger partial charge in [-0.05, 0) is 12.1 Å². The molecular formula is C14H15F2N3O. The van der Waals surface area contributed by atoms with Crippen molar-refractivity contribution in [3.8, 4) is 0 Å². The molecule has 3 rings (SSSR count). The fourth-order valence-electron chi connectivity index (χ4n) is 2.60. The lowest BCUT2D eigenvalue weighted by Gasteiger charge is -2.28. The van der Waals surface area contributed by atoms with E-state index in [-0.39, 0.29) is 12.1 Å². The Morgan fingerprint density at radius 3 is 2.85 bits per heavy atom. The minimum Gasteiger partial charge on any atom is -0.387 e. The minimum absolute atomic E-state index is 0.197. The summed E-state index contributed by atoms with van der Waals surface area (Å²) in [6.07, 6.45) is 1.36. The van der Waals surface area contributed by atoms with Crippen molar-refractivity contribution in [2.45, 2.75) is 19.1 Å². The number of hydrogen-bond donors (Lipinski definition) is 2. The SMILES string of the molecule is OC(CN1CCc2[nH]ncc2C1)c1c(F)cccc1F. The Morgan fingerprint density at radius 2 is 2.10 bits per heavy atom. The van der Waals surface area contributed by atoms with E-state index in [2.05, 4.69) is 10.2 Å². The molecular weight excluding hydrogens is 264 g/mol. The predicted octanol–water partition coefficient (Wildman–Crippen LogP) is 1.78. The lowest BCUT2D eigenvalue weighted by molar-refractivity contribution is 0.0997. The molecule has 0 aliphatic carbocycles. The fourth-order valence-corrected chi connectivity index (χ4v) is 2.60. The number of aliphatic hydroxyl groups is 1. The first-order valence-electron chi connectivity index (χ1n) is 6.50. The van der Waals surface area contributed by atoms with Gasteiger partial charge < -0.3 is 5.11 Å². The number of β-amino-alcohol motifs (C(OH)–C–C–N with tert-alkyl or cyclic N) is 1. The van der Waals surface area contributed by atoms with E-state index in [0.717, 1.165) is 36.4 Å². The number of benzene rings is 1. The Hall–Kier alpha value is -1.79. The summed E-state index contributed by atoms with van der Waals surface area (Å²) < 4.78 is 27.2. The van der Waals surface area contributed by atoms with Crippen LogP contribution < -0.4 is 0 Å². The van der Waals surface area contributed by atoms with Crippen LogP contribution in [-0.4, -0.2) is 33.3 Å². The first-order chi connectivity index (χ1) is 9.65. The third-order valence-electron chi connectivity index (χ3n) is 3.64. The molecule has 2 aromatic rings. The fraction of sp³-hybridized carbons (Fsp3) is 0.357. The molecule has 20 heavy (non-hydrogen) atoms. The summed E-state index contributed by atoms with van der Waals surface area (Å²) in [5.74, 6) is -1.42. The smallest absolute Gasteiger partial charge is 0.131 e. The second-order valence-electron chi connectivity index (χ2n) is 5.01. The zero-order valence-electron chi connectivity index (χ0n) is 10.8. The van der Waals surface area contributed by atoms with Gasteiger partial charge in [-0.2, -0.15) is 5.10 Å². The van der Waals surface area contributed by atoms with Gasteiger partial charge in [-0.25, -0.2) is 8.78 Å². The summed E-state index contributed by atoms with van der Waals surface area (Å²) in [7, 11) is 0. The van der Waals surface area contributed by atoms with Gasteiger partial charge in [-0.3, -0.25) is 10.00 Å². The number of aliphatic hydroxyl groups excluding tert-OH is 1. The maximum atomic E-state index is 13.6. The van der Waals surface area contributed by atoms with Gasteiger partial charge in [0, 0.05) is 37.3 Å². The van der Waals surface area contributed by atoms with E-state index in [9.17, 15) is 13.9 Å². The molecule has 2 heterocycles. The maximum Gasteiger partial charge on any atom is 0.131 e. The molecule has 2 N–H and O–H groups in total. The standard InChI is InChI=1S/C14H15F2N3O/c15-10-2-1-3-11(16)14(10)13(20)8-19-5-4-12-9(7-19)6-17-18-12/h1-3,6,13,20H,4-5,7-8H2,(H,17,18). The van der Waals surface area contributed by atoms with Gasteiger partial charge in [0.2, 0.25) is 0 Å². The van der Waals surface area contributed by atoms with Crippen LogP contribution in [0.1, 0.15) is 22.9 Å². The highest BCUT2D eigenvalue weighted by molar-refractivity contribution is 5.23. The first kappa shape index (κ1) is 13.2. The quantitative estimate of drug-likeness (QED) is 0.900. The second-order valence-corrected chi connectivity index (χ2v) is 5.01. The zero-order valence-corrected chi connectivity index (χ0v) is 10.8. The predicted molar refractivity (Wildman–Crippen MR) is 68.9 cm³/mol. The number of nitrogens with one attached hydrogen (secondary N) is 1. The maximum absolute atomic E-state index is 13.6. The molecule has 0 saturated carbocycles. The third-order valence-corrected chi connectivity index (χ3v) is 3.64. The topological polar surface area (TPSA) is 52.1 Å². The van der Waals surface area contributed by atoms with Crippen molar-refractivity contribution >= 4 is 0 Å². The molecule has 4 nitrogen and oxygen atoms in total. The van der Waals surface area contributed by atoms with Crippen LogP contribution in [0, 0.1) is 11.6 Å². The first-order valence-corrected chi connectivity index (χ1v) is 6.50. The molecule has 1 atom stereocenters. The number of fused-ring (bicyclic) bond motifs is 1. The molecule has 0 radical (unpaired) electrons. The van der Waals surface area contributed by atoms with E-state index in [1.807, 2.05) is 4.90 Å². The van der Waals surface area contributed by atoms with Gasteiger partial charge in [0.05, 0.1) is 17.9 Å². The Morgan fingerprint density at radius 1 is 1.35 bits per heavy atom. The summed E-state index contributed by atoms with van der Waals surface area (Å²) in [4.78, 5) is 1.97. The van der Waals surface area contributed by atoms with E-state index in [1.54, 1.807) is 6.20 Å². The van der Waals surface area contributed by atoms with Crippen LogP contribution in [0.4, 0.5) is 8.78 Å². The summed E-state index contributed by atoms with van der Waals surface area (Å²) in [6.45, 7) is 1.55. The average molecular weight is 279 g/mol. The van der Waals surface area contributed by atoms with Crippen molar-refractivity contribution in [3.05, 3.63) is 52.9 Å². The lowest BCUT2D eigenvalue weighted by atomic mass is 10.0. The Kier molecular flexibility index (Phi) is 3.50. The summed E-state index contributed by atoms with van der Waals surface area (Å²) in [5, 5.41) is 17.0. The van der Waals surface area contributed by atoms with Crippen LogP contribution in [-0.2, 0) is 13.0 Å². The van der Waals surface area contributed by atoms with Gasteiger partial charge in [-0.1, -0.05) is 6.07 Å². The minimum atomic E-state index is -1.18. The molecule has 0 spiro atoms. The van der Waals surface area contributed by atoms with E-state index in [4.69, 9.17) is 0 Å². The highest BCUT2D eigenvalue weighted by Crippen LogP contribution is 2.24. The number of aromatic amines is 1. The average Bonchev–Trinajstić information content (AvgIpc) is 2.85. The molecule has 1 aromatic heterocycles. The molecule has 0 bridgehead atoms. The van der Waals surface area contributed by atoms with Crippen molar-refractivity contribution in [3.63, 3.8) is 0 Å². The van der Waals surface area contributed by atoms with E-state index < -0.39 is 17.7 Å². The largest absolute Gasteiger partial charge is 0.387 e. The number of hydrogen-bond acceptors (Lipinski definition) is 3. The second kappa shape index (κ2) is 5.30. The van der Waals surface area contributed by atoms with Crippen LogP contribution >= 0.6 is 0 Å². The molecule has 106 valence electrons. The zero-order chi connectivity index (χ0) is 14.1. The van der Waals surface area contributed by atoms with Crippen molar-refractivity contribution in [2.24, 2.45) is 0 Å². The van der Waals surface area contributed by atoms with Gasteiger partial charge in [0.1, 0.15) is 11.6 Å². The third kappa shape index (κ3) is 2.44. The highest BCUT2D eigenvalue weighted by Gasteiger charge is 2.23. The Bertz CT molecular complexity index is 594. The van der Waals surface area contributed by atoms with Crippen molar-refractivity contribution in [1.82, 2.24) is 15.1 Å². The number of H-pyrrole nitrogens is 1. The van der Waals surface area contributed by atoms with E-state index in [0.29, 0.717) is 6.54 Å². The Balaban J connectivity index is 1.72.